The number of fused-ring (bicyclic) bond motifs is 5. The van der Waals surface area contributed by atoms with Crippen molar-refractivity contribution in [3.8, 4) is 22.6 Å². The average Bonchev–Trinajstić information content (AvgIpc) is 2.73. The van der Waals surface area contributed by atoms with Crippen molar-refractivity contribution < 1.29 is 9.47 Å². The van der Waals surface area contributed by atoms with E-state index in [2.05, 4.69) is 24.3 Å². The van der Waals surface area contributed by atoms with Crippen LogP contribution in [0.15, 0.2) is 36.4 Å². The maximum Gasteiger partial charge on any atom is 0.119 e. The summed E-state index contributed by atoms with van der Waals surface area (Å²) in [5.74, 6) is 2.67. The highest BCUT2D eigenvalue weighted by atomic mass is 35.5. The van der Waals surface area contributed by atoms with E-state index in [1.165, 1.54) is 38.5 Å². The molecule has 0 spiro atoms. The first-order chi connectivity index (χ1) is 13.8. The third-order valence-corrected chi connectivity index (χ3v) is 5.89. The third kappa shape index (κ3) is 6.06. The third-order valence-electron chi connectivity index (χ3n) is 5.32. The Labute approximate surface area is 179 Å². The van der Waals surface area contributed by atoms with Gasteiger partial charge in [-0.2, -0.15) is 0 Å². The van der Waals surface area contributed by atoms with E-state index in [4.69, 9.17) is 32.7 Å². The van der Waals surface area contributed by atoms with E-state index in [-0.39, 0.29) is 0 Å². The van der Waals surface area contributed by atoms with E-state index in [1.807, 2.05) is 12.1 Å². The van der Waals surface area contributed by atoms with Crippen molar-refractivity contribution in [2.75, 3.05) is 13.2 Å². The molecule has 0 atom stereocenters. The Morgan fingerprint density at radius 1 is 0.571 bits per heavy atom. The average molecular weight is 421 g/mol. The number of ether oxygens (including phenoxy) is 2. The maximum absolute atomic E-state index is 6.23. The molecule has 0 aromatic heterocycles. The van der Waals surface area contributed by atoms with Gasteiger partial charge in [0, 0.05) is 11.8 Å². The van der Waals surface area contributed by atoms with Gasteiger partial charge in [-0.1, -0.05) is 50.7 Å². The van der Waals surface area contributed by atoms with Gasteiger partial charge in [-0.3, -0.25) is 0 Å². The van der Waals surface area contributed by atoms with Gasteiger partial charge >= 0.3 is 0 Å². The lowest BCUT2D eigenvalue weighted by Gasteiger charge is -2.16. The molecule has 1 heterocycles. The summed E-state index contributed by atoms with van der Waals surface area (Å²) in [6.45, 7) is 1.51. The largest absolute Gasteiger partial charge is 0.494 e. The molecule has 152 valence electrons. The van der Waals surface area contributed by atoms with Crippen LogP contribution < -0.4 is 9.47 Å². The first kappa shape index (κ1) is 21.3. The molecule has 2 aromatic rings. The molecule has 0 aliphatic carbocycles. The van der Waals surface area contributed by atoms with Gasteiger partial charge in [0.1, 0.15) is 11.5 Å². The number of hydrogen-bond acceptors (Lipinski definition) is 2. The Hall–Kier alpha value is -1.38. The lowest BCUT2D eigenvalue weighted by atomic mass is 9.96. The van der Waals surface area contributed by atoms with Crippen molar-refractivity contribution in [3.05, 3.63) is 47.5 Å². The van der Waals surface area contributed by atoms with E-state index in [1.54, 1.807) is 0 Å². The van der Waals surface area contributed by atoms with Gasteiger partial charge in [-0.25, -0.2) is 0 Å². The summed E-state index contributed by atoms with van der Waals surface area (Å²) in [5.41, 5.74) is 4.31. The van der Waals surface area contributed by atoms with Gasteiger partial charge < -0.3 is 9.47 Å². The monoisotopic (exact) mass is 420 g/mol. The van der Waals surface area contributed by atoms with Crippen LogP contribution in [-0.2, 0) is 11.8 Å². The van der Waals surface area contributed by atoms with Crippen LogP contribution in [0.1, 0.15) is 62.5 Å². The van der Waals surface area contributed by atoms with Gasteiger partial charge in [0.15, 0.2) is 0 Å². The van der Waals surface area contributed by atoms with Crippen molar-refractivity contribution in [2.45, 2.75) is 63.1 Å². The van der Waals surface area contributed by atoms with Crippen LogP contribution in [0.25, 0.3) is 11.1 Å². The number of rotatable bonds is 2. The Balaban J connectivity index is 1.91. The van der Waals surface area contributed by atoms with E-state index < -0.39 is 0 Å². The van der Waals surface area contributed by atoms with Gasteiger partial charge in [0.2, 0.25) is 0 Å². The summed E-state index contributed by atoms with van der Waals surface area (Å²) in [5, 5.41) is 0. The molecule has 2 nitrogen and oxygen atoms in total. The quantitative estimate of drug-likeness (QED) is 0.462. The van der Waals surface area contributed by atoms with Crippen LogP contribution in [-0.4, -0.2) is 13.2 Å². The van der Waals surface area contributed by atoms with Crippen LogP contribution in [0, 0.1) is 0 Å². The number of alkyl halides is 2. The van der Waals surface area contributed by atoms with Crippen molar-refractivity contribution >= 4 is 23.2 Å². The van der Waals surface area contributed by atoms with Crippen molar-refractivity contribution in [1.29, 1.82) is 0 Å². The second kappa shape index (κ2) is 11.6. The van der Waals surface area contributed by atoms with E-state index in [0.29, 0.717) is 11.8 Å². The second-order valence-corrected chi connectivity index (χ2v) is 7.97. The second-order valence-electron chi connectivity index (χ2n) is 7.43. The minimum absolute atomic E-state index is 0.447. The van der Waals surface area contributed by atoms with Gasteiger partial charge in [-0.05, 0) is 59.4 Å². The summed E-state index contributed by atoms with van der Waals surface area (Å²) in [6, 6.07) is 12.3. The number of hydrogen-bond donors (Lipinski definition) is 0. The highest BCUT2D eigenvalue weighted by Gasteiger charge is 2.13. The molecule has 0 fully saturated rings. The molecule has 0 N–H and O–H groups in total. The van der Waals surface area contributed by atoms with Gasteiger partial charge in [0.25, 0.3) is 0 Å². The van der Waals surface area contributed by atoms with Crippen molar-refractivity contribution in [2.24, 2.45) is 0 Å². The lowest BCUT2D eigenvalue weighted by Crippen LogP contribution is -2.01. The predicted molar refractivity (Wildman–Crippen MR) is 119 cm³/mol. The smallest absolute Gasteiger partial charge is 0.119 e. The Kier molecular flexibility index (Phi) is 8.82. The fraction of sp³-hybridized carbons (Fsp3) is 0.500. The van der Waals surface area contributed by atoms with Gasteiger partial charge in [0.05, 0.1) is 13.2 Å². The molecule has 1 aliphatic rings. The highest BCUT2D eigenvalue weighted by Crippen LogP contribution is 2.35. The minimum Gasteiger partial charge on any atom is -0.494 e. The van der Waals surface area contributed by atoms with Crippen LogP contribution in [0.4, 0.5) is 0 Å². The molecule has 4 heteroatoms. The van der Waals surface area contributed by atoms with E-state index in [0.717, 1.165) is 59.8 Å². The molecule has 0 unspecified atom stereocenters. The maximum atomic E-state index is 6.23. The molecular formula is C24H30Cl2O2. The first-order valence-electron chi connectivity index (χ1n) is 10.5. The molecule has 1 aliphatic heterocycles. The number of benzene rings is 2. The summed E-state index contributed by atoms with van der Waals surface area (Å²) >= 11 is 12.5. The van der Waals surface area contributed by atoms with Crippen molar-refractivity contribution in [3.63, 3.8) is 0 Å². The molecule has 28 heavy (non-hydrogen) atoms. The molecule has 4 bridgehead atoms. The standard InChI is InChI=1S/C24H30Cl2O2/c25-17-19-9-11-21-15-23(19)24-16-22(12-10-20(24)18-26)28-14-8-6-4-2-1-3-5-7-13-27-21/h9-12,15-16H,1-8,13-14,17-18H2. The van der Waals surface area contributed by atoms with Crippen LogP contribution in [0.3, 0.4) is 0 Å². The van der Waals surface area contributed by atoms with Crippen molar-refractivity contribution in [1.82, 2.24) is 0 Å². The Morgan fingerprint density at radius 3 is 1.36 bits per heavy atom. The number of halogens is 2. The van der Waals surface area contributed by atoms with Gasteiger partial charge in [-0.15, -0.1) is 23.2 Å². The van der Waals surface area contributed by atoms with E-state index in [9.17, 15) is 0 Å². The normalized spacial score (nSPS) is 16.4. The highest BCUT2D eigenvalue weighted by molar-refractivity contribution is 6.18. The lowest BCUT2D eigenvalue weighted by molar-refractivity contribution is 0.300. The van der Waals surface area contributed by atoms with E-state index >= 15 is 0 Å². The molecule has 0 saturated carbocycles. The fourth-order valence-electron chi connectivity index (χ4n) is 3.67. The molecule has 2 aromatic carbocycles. The summed E-state index contributed by atoms with van der Waals surface area (Å²) < 4.78 is 12.1. The zero-order valence-electron chi connectivity index (χ0n) is 16.5. The SMILES string of the molecule is ClCc1ccc2cc1-c1cc(ccc1CCl)OCCCCCCCCCCO2. The van der Waals surface area contributed by atoms with Crippen LogP contribution >= 0.6 is 23.2 Å². The molecule has 0 radical (unpaired) electrons. The Bertz CT molecular complexity index is 682. The Morgan fingerprint density at radius 2 is 0.964 bits per heavy atom. The molecular weight excluding hydrogens is 391 g/mol. The molecule has 3 rings (SSSR count). The zero-order chi connectivity index (χ0) is 19.6. The predicted octanol–water partition coefficient (Wildman–Crippen LogP) is 7.72. The minimum atomic E-state index is 0.447. The molecule has 0 saturated heterocycles. The first-order valence-corrected chi connectivity index (χ1v) is 11.5. The van der Waals surface area contributed by atoms with Crippen LogP contribution in [0.5, 0.6) is 11.5 Å². The fourth-order valence-corrected chi connectivity index (χ4v) is 4.14. The summed E-state index contributed by atoms with van der Waals surface area (Å²) in [7, 11) is 0. The summed E-state index contributed by atoms with van der Waals surface area (Å²) in [6.07, 6.45) is 9.88. The summed E-state index contributed by atoms with van der Waals surface area (Å²) in [4.78, 5) is 0. The topological polar surface area (TPSA) is 18.5 Å². The molecule has 0 amide bonds. The van der Waals surface area contributed by atoms with Crippen LogP contribution in [0.2, 0.25) is 0 Å². The zero-order valence-corrected chi connectivity index (χ0v) is 18.0.